The molecule has 0 spiro atoms. The maximum atomic E-state index is 12.7. The van der Waals surface area contributed by atoms with Crippen molar-refractivity contribution in [3.8, 4) is 22.3 Å². The van der Waals surface area contributed by atoms with Gasteiger partial charge in [0, 0.05) is 99.8 Å². The monoisotopic (exact) mass is 512 g/mol. The molecule has 3 aromatic heterocycles. The van der Waals surface area contributed by atoms with Gasteiger partial charge in [0.05, 0.1) is 0 Å². The number of methoxy groups -OCH3 is 1. The molecule has 5 rings (SSSR count). The summed E-state index contributed by atoms with van der Waals surface area (Å²) >= 11 is 0. The van der Waals surface area contributed by atoms with E-state index in [0.717, 1.165) is 65.9 Å². The van der Waals surface area contributed by atoms with Crippen molar-refractivity contribution in [2.45, 2.75) is 13.3 Å². The number of aromatic amines is 1. The first-order chi connectivity index (χ1) is 18.4. The highest BCUT2D eigenvalue weighted by Crippen LogP contribution is 2.33. The fourth-order valence-corrected chi connectivity index (χ4v) is 5.06. The van der Waals surface area contributed by atoms with Crippen LogP contribution in [0, 0.1) is 6.92 Å². The van der Waals surface area contributed by atoms with E-state index in [2.05, 4.69) is 58.0 Å². The Bertz CT molecular complexity index is 1410. The fourth-order valence-electron chi connectivity index (χ4n) is 5.06. The van der Waals surface area contributed by atoms with Crippen LogP contribution in [0.25, 0.3) is 33.3 Å². The maximum absolute atomic E-state index is 12.7. The molecule has 4 aromatic rings. The van der Waals surface area contributed by atoms with Gasteiger partial charge in [0.25, 0.3) is 5.91 Å². The van der Waals surface area contributed by atoms with Crippen LogP contribution in [0.3, 0.4) is 0 Å². The Morgan fingerprint density at radius 3 is 2.50 bits per heavy atom. The molecule has 1 fully saturated rings. The summed E-state index contributed by atoms with van der Waals surface area (Å²) in [6, 6.07) is 12.6. The van der Waals surface area contributed by atoms with E-state index in [4.69, 9.17) is 9.72 Å². The minimum Gasteiger partial charge on any atom is -0.385 e. The zero-order valence-electron chi connectivity index (χ0n) is 22.7. The third kappa shape index (κ3) is 5.42. The summed E-state index contributed by atoms with van der Waals surface area (Å²) in [7, 11) is 5.64. The van der Waals surface area contributed by atoms with Crippen LogP contribution >= 0.6 is 0 Å². The third-order valence-electron chi connectivity index (χ3n) is 7.39. The summed E-state index contributed by atoms with van der Waals surface area (Å²) < 4.78 is 5.08. The highest BCUT2D eigenvalue weighted by atomic mass is 16.5. The Hall–Kier alpha value is -3.75. The van der Waals surface area contributed by atoms with Crippen LogP contribution in [0.15, 0.2) is 55.0 Å². The quantitative estimate of drug-likeness (QED) is 0.351. The van der Waals surface area contributed by atoms with Gasteiger partial charge in [0.2, 0.25) is 0 Å². The van der Waals surface area contributed by atoms with Gasteiger partial charge in [0.1, 0.15) is 11.3 Å². The largest absolute Gasteiger partial charge is 0.385 e. The average molecular weight is 513 g/mol. The third-order valence-corrected chi connectivity index (χ3v) is 7.39. The second kappa shape index (κ2) is 11.3. The molecule has 38 heavy (non-hydrogen) atoms. The zero-order valence-corrected chi connectivity index (χ0v) is 22.7. The van der Waals surface area contributed by atoms with Crippen molar-refractivity contribution in [3.05, 3.63) is 66.2 Å². The molecule has 1 saturated heterocycles. The first-order valence-electron chi connectivity index (χ1n) is 13.2. The minimum atomic E-state index is -0.0917. The molecule has 1 aliphatic rings. The summed E-state index contributed by atoms with van der Waals surface area (Å²) in [5.41, 5.74) is 8.02. The van der Waals surface area contributed by atoms with E-state index in [9.17, 15) is 4.79 Å². The first-order valence-corrected chi connectivity index (χ1v) is 13.2. The summed E-state index contributed by atoms with van der Waals surface area (Å²) in [5.74, 6) is -0.0917. The number of benzene rings is 1. The SMILES string of the molecule is COCCCN(C)C(=O)c1ccc(-c2c[nH]c3ncc(-c4ccc(N5CCN(C)CC5)c(C)c4)cc23)cn1. The molecular weight excluding hydrogens is 476 g/mol. The number of ether oxygens (including phenoxy) is 1. The van der Waals surface area contributed by atoms with Gasteiger partial charge in [-0.1, -0.05) is 12.1 Å². The molecule has 0 atom stereocenters. The number of rotatable bonds is 8. The number of likely N-dealkylation sites (N-methyl/N-ethyl adjacent to an activating group) is 1. The molecule has 1 aromatic carbocycles. The molecule has 0 aliphatic carbocycles. The number of pyridine rings is 2. The van der Waals surface area contributed by atoms with E-state index in [-0.39, 0.29) is 5.91 Å². The van der Waals surface area contributed by atoms with Crippen molar-refractivity contribution in [2.24, 2.45) is 0 Å². The number of amides is 1. The molecule has 198 valence electrons. The number of aromatic nitrogens is 3. The molecule has 8 heteroatoms. The molecule has 0 radical (unpaired) electrons. The van der Waals surface area contributed by atoms with Crippen molar-refractivity contribution in [2.75, 3.05) is 65.4 Å². The predicted octanol–water partition coefficient (Wildman–Crippen LogP) is 4.46. The van der Waals surface area contributed by atoms with Crippen molar-refractivity contribution >= 4 is 22.6 Å². The van der Waals surface area contributed by atoms with Gasteiger partial charge in [-0.3, -0.25) is 9.78 Å². The van der Waals surface area contributed by atoms with Crippen LogP contribution in [0.4, 0.5) is 5.69 Å². The normalized spacial score (nSPS) is 14.3. The van der Waals surface area contributed by atoms with Crippen LogP contribution < -0.4 is 4.90 Å². The fraction of sp³-hybridized carbons (Fsp3) is 0.367. The number of fused-ring (bicyclic) bond motifs is 1. The minimum absolute atomic E-state index is 0.0917. The van der Waals surface area contributed by atoms with Crippen molar-refractivity contribution in [1.82, 2.24) is 24.8 Å². The van der Waals surface area contributed by atoms with E-state index in [0.29, 0.717) is 18.8 Å². The Morgan fingerprint density at radius 2 is 1.79 bits per heavy atom. The Morgan fingerprint density at radius 1 is 1.03 bits per heavy atom. The number of H-pyrrole nitrogens is 1. The lowest BCUT2D eigenvalue weighted by Gasteiger charge is -2.35. The van der Waals surface area contributed by atoms with Crippen molar-refractivity contribution < 1.29 is 9.53 Å². The molecule has 1 amide bonds. The van der Waals surface area contributed by atoms with Gasteiger partial charge in [0.15, 0.2) is 0 Å². The number of hydrogen-bond donors (Lipinski definition) is 1. The number of hydrogen-bond acceptors (Lipinski definition) is 6. The first kappa shape index (κ1) is 25.9. The summed E-state index contributed by atoms with van der Waals surface area (Å²) in [6.07, 6.45) is 6.44. The molecule has 8 nitrogen and oxygen atoms in total. The maximum Gasteiger partial charge on any atom is 0.272 e. The van der Waals surface area contributed by atoms with E-state index < -0.39 is 0 Å². The van der Waals surface area contributed by atoms with Crippen LogP contribution in [-0.4, -0.2) is 91.2 Å². The smallest absolute Gasteiger partial charge is 0.272 e. The molecule has 1 N–H and O–H groups in total. The number of carbonyl (C=O) groups is 1. The van der Waals surface area contributed by atoms with E-state index in [1.165, 1.54) is 11.3 Å². The lowest BCUT2D eigenvalue weighted by Crippen LogP contribution is -2.44. The van der Waals surface area contributed by atoms with Crippen LogP contribution in [0.1, 0.15) is 22.5 Å². The predicted molar refractivity (Wildman–Crippen MR) is 153 cm³/mol. The zero-order chi connectivity index (χ0) is 26.6. The second-order valence-corrected chi connectivity index (χ2v) is 10.1. The van der Waals surface area contributed by atoms with Crippen LogP contribution in [0.2, 0.25) is 0 Å². The number of nitrogens with zero attached hydrogens (tertiary/aromatic N) is 5. The second-order valence-electron chi connectivity index (χ2n) is 10.1. The van der Waals surface area contributed by atoms with Crippen molar-refractivity contribution in [3.63, 3.8) is 0 Å². The van der Waals surface area contributed by atoms with Crippen molar-refractivity contribution in [1.29, 1.82) is 0 Å². The molecule has 1 aliphatic heterocycles. The number of carbonyl (C=O) groups excluding carboxylic acids is 1. The standard InChI is InChI=1S/C30H36N6O2/c1-21-16-22(7-9-28(21)36-13-11-34(2)12-14-36)24-17-25-26(20-33-29(25)32-19-24)23-6-8-27(31-18-23)30(37)35(3)10-5-15-38-4/h6-9,16-20H,5,10-15H2,1-4H3,(H,32,33). The number of nitrogens with one attached hydrogen (secondary N) is 1. The van der Waals surface area contributed by atoms with Crippen LogP contribution in [-0.2, 0) is 4.74 Å². The lowest BCUT2D eigenvalue weighted by molar-refractivity contribution is 0.0773. The topological polar surface area (TPSA) is 77.6 Å². The average Bonchev–Trinajstić information content (AvgIpc) is 3.37. The van der Waals surface area contributed by atoms with Gasteiger partial charge in [-0.15, -0.1) is 0 Å². The summed E-state index contributed by atoms with van der Waals surface area (Å²) in [6.45, 7) is 7.73. The number of anilines is 1. The van der Waals surface area contributed by atoms with E-state index in [1.807, 2.05) is 18.5 Å². The molecular formula is C30H36N6O2. The summed E-state index contributed by atoms with van der Waals surface area (Å²) in [4.78, 5) is 31.7. The molecule has 4 heterocycles. The van der Waals surface area contributed by atoms with Gasteiger partial charge >= 0.3 is 0 Å². The lowest BCUT2D eigenvalue weighted by atomic mass is 10.0. The molecule has 0 bridgehead atoms. The highest BCUT2D eigenvalue weighted by molar-refractivity contribution is 5.97. The summed E-state index contributed by atoms with van der Waals surface area (Å²) in [5, 5.41) is 1.03. The van der Waals surface area contributed by atoms with Gasteiger partial charge in [-0.05, 0) is 55.8 Å². The number of aryl methyl sites for hydroxylation is 1. The van der Waals surface area contributed by atoms with Crippen LogP contribution in [0.5, 0.6) is 0 Å². The Labute approximate surface area is 224 Å². The highest BCUT2D eigenvalue weighted by Gasteiger charge is 2.17. The Kier molecular flexibility index (Phi) is 7.72. The Balaban J connectivity index is 1.37. The van der Waals surface area contributed by atoms with Gasteiger partial charge in [-0.2, -0.15) is 0 Å². The van der Waals surface area contributed by atoms with Gasteiger partial charge in [-0.25, -0.2) is 4.98 Å². The van der Waals surface area contributed by atoms with E-state index in [1.54, 1.807) is 31.3 Å². The van der Waals surface area contributed by atoms with E-state index >= 15 is 0 Å². The molecule has 0 saturated carbocycles. The molecule has 0 unspecified atom stereocenters. The number of piperazine rings is 1. The van der Waals surface area contributed by atoms with Gasteiger partial charge < -0.3 is 24.4 Å².